The number of rotatable bonds is 11. The van der Waals surface area contributed by atoms with Crippen LogP contribution in [0.15, 0.2) is 64.2 Å². The van der Waals surface area contributed by atoms with Gasteiger partial charge in [-0.05, 0) is 35.6 Å². The molecule has 2 aromatic heterocycles. The van der Waals surface area contributed by atoms with Crippen LogP contribution in [0, 0.1) is 5.92 Å². The number of aromatic nitrogens is 5. The van der Waals surface area contributed by atoms with Crippen molar-refractivity contribution in [1.29, 1.82) is 0 Å². The van der Waals surface area contributed by atoms with E-state index in [1.54, 1.807) is 11.8 Å². The minimum absolute atomic E-state index is 0.369. The van der Waals surface area contributed by atoms with E-state index in [1.165, 1.54) is 5.56 Å². The number of hydrogen-bond acceptors (Lipinski definition) is 7. The first-order valence-electron chi connectivity index (χ1n) is 11.2. The summed E-state index contributed by atoms with van der Waals surface area (Å²) in [6.07, 6.45) is 1.64. The van der Waals surface area contributed by atoms with Crippen molar-refractivity contribution < 1.29 is 9.15 Å². The van der Waals surface area contributed by atoms with Crippen LogP contribution >= 0.6 is 11.8 Å². The summed E-state index contributed by atoms with van der Waals surface area (Å²) in [5.41, 5.74) is 2.43. The second-order valence-electron chi connectivity index (χ2n) is 8.23. The third-order valence-corrected chi connectivity index (χ3v) is 6.02. The highest BCUT2D eigenvalue weighted by Crippen LogP contribution is 2.24. The van der Waals surface area contributed by atoms with Crippen molar-refractivity contribution in [2.75, 3.05) is 0 Å². The molecule has 0 aliphatic carbocycles. The number of hydrogen-bond donors (Lipinski definition) is 0. The molecule has 0 radical (unpaired) electrons. The molecular weight excluding hydrogens is 434 g/mol. The Morgan fingerprint density at radius 1 is 0.909 bits per heavy atom. The molecule has 7 nitrogen and oxygen atoms in total. The Hall–Kier alpha value is -3.13. The van der Waals surface area contributed by atoms with Gasteiger partial charge in [0, 0.05) is 6.54 Å². The summed E-state index contributed by atoms with van der Waals surface area (Å²) >= 11 is 1.55. The molecule has 2 heterocycles. The quantitative estimate of drug-likeness (QED) is 0.278. The summed E-state index contributed by atoms with van der Waals surface area (Å²) in [6, 6.07) is 18.3. The molecule has 0 saturated heterocycles. The monoisotopic (exact) mass is 463 g/mol. The van der Waals surface area contributed by atoms with Gasteiger partial charge < -0.3 is 13.7 Å². The lowest BCUT2D eigenvalue weighted by Gasteiger charge is -2.13. The zero-order valence-electron chi connectivity index (χ0n) is 19.3. The number of aryl methyl sites for hydroxylation is 1. The van der Waals surface area contributed by atoms with Crippen molar-refractivity contribution in [2.45, 2.75) is 57.7 Å². The van der Waals surface area contributed by atoms with Crippen LogP contribution in [-0.4, -0.2) is 25.0 Å². The van der Waals surface area contributed by atoms with Gasteiger partial charge in [-0.1, -0.05) is 75.0 Å². The van der Waals surface area contributed by atoms with Gasteiger partial charge in [-0.2, -0.15) is 0 Å². The molecule has 0 bridgehead atoms. The molecule has 0 fully saturated rings. The Kier molecular flexibility index (Phi) is 7.78. The van der Waals surface area contributed by atoms with Crippen molar-refractivity contribution in [1.82, 2.24) is 25.0 Å². The predicted molar refractivity (Wildman–Crippen MR) is 128 cm³/mol. The summed E-state index contributed by atoms with van der Waals surface area (Å²) < 4.78 is 13.9. The summed E-state index contributed by atoms with van der Waals surface area (Å²) in [4.78, 5) is 0. The minimum Gasteiger partial charge on any atom is -0.486 e. The topological polar surface area (TPSA) is 78.9 Å². The SMILES string of the molecule is CCc1ccc(OCc2nnc(SCc3nnc(Cc4ccccc4)o3)n2CC(C)C)cc1. The zero-order valence-corrected chi connectivity index (χ0v) is 20.1. The lowest BCUT2D eigenvalue weighted by molar-refractivity contribution is 0.284. The van der Waals surface area contributed by atoms with Gasteiger partial charge in [0.1, 0.15) is 12.4 Å². The molecule has 0 unspecified atom stereocenters. The molecule has 4 aromatic rings. The van der Waals surface area contributed by atoms with Gasteiger partial charge in [0.15, 0.2) is 11.0 Å². The van der Waals surface area contributed by atoms with Gasteiger partial charge >= 0.3 is 0 Å². The Morgan fingerprint density at radius 2 is 1.67 bits per heavy atom. The van der Waals surface area contributed by atoms with Crippen LogP contribution in [-0.2, 0) is 31.7 Å². The van der Waals surface area contributed by atoms with E-state index >= 15 is 0 Å². The lowest BCUT2D eigenvalue weighted by atomic mass is 10.2. The van der Waals surface area contributed by atoms with Crippen LogP contribution in [0.3, 0.4) is 0 Å². The van der Waals surface area contributed by atoms with Crippen molar-refractivity contribution >= 4 is 11.8 Å². The van der Waals surface area contributed by atoms with Crippen LogP contribution in [0.2, 0.25) is 0 Å². The first-order chi connectivity index (χ1) is 16.1. The highest BCUT2D eigenvalue weighted by molar-refractivity contribution is 7.98. The fourth-order valence-corrected chi connectivity index (χ4v) is 4.17. The minimum atomic E-state index is 0.369. The van der Waals surface area contributed by atoms with E-state index in [4.69, 9.17) is 9.15 Å². The smallest absolute Gasteiger partial charge is 0.226 e. The average Bonchev–Trinajstić information content (AvgIpc) is 3.43. The van der Waals surface area contributed by atoms with Gasteiger partial charge in [0.25, 0.3) is 0 Å². The van der Waals surface area contributed by atoms with Crippen molar-refractivity contribution in [3.63, 3.8) is 0 Å². The fourth-order valence-electron chi connectivity index (χ4n) is 3.37. The highest BCUT2D eigenvalue weighted by atomic mass is 32.2. The maximum absolute atomic E-state index is 5.98. The first kappa shape index (κ1) is 23.0. The molecule has 0 aliphatic rings. The number of nitrogens with zero attached hydrogens (tertiary/aromatic N) is 5. The van der Waals surface area contributed by atoms with Crippen LogP contribution in [0.25, 0.3) is 0 Å². The predicted octanol–water partition coefficient (Wildman–Crippen LogP) is 5.34. The van der Waals surface area contributed by atoms with Crippen molar-refractivity contribution in [3.8, 4) is 5.75 Å². The van der Waals surface area contributed by atoms with Crippen LogP contribution in [0.4, 0.5) is 0 Å². The first-order valence-corrected chi connectivity index (χ1v) is 12.2. The lowest BCUT2D eigenvalue weighted by Crippen LogP contribution is -2.12. The van der Waals surface area contributed by atoms with Gasteiger partial charge in [-0.3, -0.25) is 0 Å². The molecule has 0 atom stereocenters. The fraction of sp³-hybridized carbons (Fsp3) is 0.360. The standard InChI is InChI=1S/C25H29N5O2S/c1-4-19-10-12-21(13-11-19)31-16-22-26-29-25(30(22)15-18(2)3)33-17-24-28-27-23(32-24)14-20-8-6-5-7-9-20/h5-13,18H,4,14-17H2,1-3H3. The van der Waals surface area contributed by atoms with Crippen LogP contribution in [0.5, 0.6) is 5.75 Å². The molecule has 0 N–H and O–H groups in total. The van der Waals surface area contributed by atoms with Gasteiger partial charge in [-0.25, -0.2) is 0 Å². The zero-order chi connectivity index (χ0) is 23.0. The molecule has 8 heteroatoms. The van der Waals surface area contributed by atoms with Crippen LogP contribution < -0.4 is 4.74 Å². The van der Waals surface area contributed by atoms with Gasteiger partial charge in [0.05, 0.1) is 12.2 Å². The largest absolute Gasteiger partial charge is 0.486 e. The third-order valence-electron chi connectivity index (χ3n) is 5.07. The van der Waals surface area contributed by atoms with E-state index in [0.717, 1.165) is 35.3 Å². The molecule has 0 aliphatic heterocycles. The Labute approximate surface area is 198 Å². The van der Waals surface area contributed by atoms with Crippen molar-refractivity contribution in [3.05, 3.63) is 83.3 Å². The normalized spacial score (nSPS) is 11.3. The molecule has 4 rings (SSSR count). The molecular formula is C25H29N5O2S. The van der Waals surface area contributed by atoms with E-state index in [9.17, 15) is 0 Å². The number of thioether (sulfide) groups is 1. The molecule has 0 spiro atoms. The van der Waals surface area contributed by atoms with E-state index in [2.05, 4.69) is 70.0 Å². The summed E-state index contributed by atoms with van der Waals surface area (Å²) in [6.45, 7) is 7.67. The Balaban J connectivity index is 1.39. The second kappa shape index (κ2) is 11.1. The maximum Gasteiger partial charge on any atom is 0.226 e. The Bertz CT molecular complexity index is 1140. The number of ether oxygens (including phenoxy) is 1. The summed E-state index contributed by atoms with van der Waals surface area (Å²) in [7, 11) is 0. The van der Waals surface area contributed by atoms with E-state index in [-0.39, 0.29) is 0 Å². The molecule has 172 valence electrons. The molecule has 0 saturated carbocycles. The van der Waals surface area contributed by atoms with E-state index in [1.807, 2.05) is 30.3 Å². The summed E-state index contributed by atoms with van der Waals surface area (Å²) in [5.74, 6) is 3.82. The maximum atomic E-state index is 5.98. The Morgan fingerprint density at radius 3 is 2.39 bits per heavy atom. The molecule has 2 aromatic carbocycles. The average molecular weight is 464 g/mol. The number of benzene rings is 2. The second-order valence-corrected chi connectivity index (χ2v) is 9.17. The molecule has 0 amide bonds. The third kappa shape index (κ3) is 6.44. The summed E-state index contributed by atoms with van der Waals surface area (Å²) in [5, 5.41) is 18.0. The van der Waals surface area contributed by atoms with Crippen LogP contribution in [0.1, 0.15) is 49.5 Å². The van der Waals surface area contributed by atoms with E-state index in [0.29, 0.717) is 36.5 Å². The van der Waals surface area contributed by atoms with Crippen molar-refractivity contribution in [2.24, 2.45) is 5.92 Å². The van der Waals surface area contributed by atoms with E-state index < -0.39 is 0 Å². The highest BCUT2D eigenvalue weighted by Gasteiger charge is 2.16. The molecule has 33 heavy (non-hydrogen) atoms. The van der Waals surface area contributed by atoms with Gasteiger partial charge in [-0.15, -0.1) is 20.4 Å². The van der Waals surface area contributed by atoms with Gasteiger partial charge in [0.2, 0.25) is 11.8 Å².